The number of hydrogen-bond acceptors (Lipinski definition) is 2. The second-order valence-electron chi connectivity index (χ2n) is 3.69. The van der Waals surface area contributed by atoms with E-state index >= 15 is 0 Å². The lowest BCUT2D eigenvalue weighted by molar-refractivity contribution is 0.410. The SMILES string of the molecule is COc1ccc(C(Cl)Cc2ccsc2)c(F)c1. The predicted molar refractivity (Wildman–Crippen MR) is 69.6 cm³/mol. The molecule has 1 heterocycles. The first kappa shape index (κ1) is 12.4. The summed E-state index contributed by atoms with van der Waals surface area (Å²) in [5.41, 5.74) is 1.64. The van der Waals surface area contributed by atoms with Gasteiger partial charge in [-0.1, -0.05) is 6.07 Å². The summed E-state index contributed by atoms with van der Waals surface area (Å²) < 4.78 is 18.7. The van der Waals surface area contributed by atoms with Crippen LogP contribution in [0.4, 0.5) is 4.39 Å². The highest BCUT2D eigenvalue weighted by atomic mass is 35.5. The summed E-state index contributed by atoms with van der Waals surface area (Å²) in [6, 6.07) is 6.76. The van der Waals surface area contributed by atoms with E-state index in [2.05, 4.69) is 0 Å². The summed E-state index contributed by atoms with van der Waals surface area (Å²) in [6.45, 7) is 0. The minimum absolute atomic E-state index is 0.320. The van der Waals surface area contributed by atoms with Gasteiger partial charge in [-0.3, -0.25) is 0 Å². The molecule has 2 aromatic rings. The van der Waals surface area contributed by atoms with E-state index in [1.165, 1.54) is 13.2 Å². The third kappa shape index (κ3) is 2.99. The van der Waals surface area contributed by atoms with Crippen molar-refractivity contribution < 1.29 is 9.13 Å². The topological polar surface area (TPSA) is 9.23 Å². The van der Waals surface area contributed by atoms with E-state index in [9.17, 15) is 4.39 Å². The maximum absolute atomic E-state index is 13.8. The molecule has 1 nitrogen and oxygen atoms in total. The van der Waals surface area contributed by atoms with Gasteiger partial charge in [0.2, 0.25) is 0 Å². The Morgan fingerprint density at radius 1 is 1.41 bits per heavy atom. The Kier molecular flexibility index (Phi) is 4.02. The average Bonchev–Trinajstić information content (AvgIpc) is 2.81. The molecule has 17 heavy (non-hydrogen) atoms. The maximum Gasteiger partial charge on any atom is 0.131 e. The largest absolute Gasteiger partial charge is 0.497 e. The molecule has 1 aromatic heterocycles. The van der Waals surface area contributed by atoms with Crippen LogP contribution in [0.3, 0.4) is 0 Å². The first-order valence-electron chi connectivity index (χ1n) is 5.19. The van der Waals surface area contributed by atoms with Gasteiger partial charge in [-0.2, -0.15) is 11.3 Å². The molecule has 0 N–H and O–H groups in total. The molecule has 0 amide bonds. The average molecular weight is 271 g/mol. The van der Waals surface area contributed by atoms with E-state index in [0.29, 0.717) is 17.7 Å². The van der Waals surface area contributed by atoms with Crippen molar-refractivity contribution in [2.24, 2.45) is 0 Å². The second-order valence-corrected chi connectivity index (χ2v) is 5.00. The molecule has 0 bridgehead atoms. The molecule has 0 spiro atoms. The lowest BCUT2D eigenvalue weighted by atomic mass is 10.1. The van der Waals surface area contributed by atoms with Crippen LogP contribution in [-0.4, -0.2) is 7.11 Å². The zero-order valence-corrected chi connectivity index (χ0v) is 10.9. The summed E-state index contributed by atoms with van der Waals surface area (Å²) in [4.78, 5) is 0. The fraction of sp³-hybridized carbons (Fsp3) is 0.231. The monoisotopic (exact) mass is 270 g/mol. The number of halogens is 2. The van der Waals surface area contributed by atoms with Gasteiger partial charge >= 0.3 is 0 Å². The van der Waals surface area contributed by atoms with Crippen LogP contribution in [-0.2, 0) is 6.42 Å². The zero-order chi connectivity index (χ0) is 12.3. The first-order valence-corrected chi connectivity index (χ1v) is 6.57. The molecule has 0 aliphatic heterocycles. The smallest absolute Gasteiger partial charge is 0.131 e. The van der Waals surface area contributed by atoms with Gasteiger partial charge in [0.05, 0.1) is 12.5 Å². The molecule has 0 aliphatic carbocycles. The van der Waals surface area contributed by atoms with Gasteiger partial charge in [-0.25, -0.2) is 4.39 Å². The molecule has 4 heteroatoms. The van der Waals surface area contributed by atoms with Gasteiger partial charge < -0.3 is 4.74 Å². The van der Waals surface area contributed by atoms with Crippen molar-refractivity contribution in [1.82, 2.24) is 0 Å². The number of thiophene rings is 1. The van der Waals surface area contributed by atoms with Crippen molar-refractivity contribution in [2.45, 2.75) is 11.8 Å². The maximum atomic E-state index is 13.8. The van der Waals surface area contributed by atoms with Crippen molar-refractivity contribution in [3.63, 3.8) is 0 Å². The van der Waals surface area contributed by atoms with E-state index in [4.69, 9.17) is 16.3 Å². The summed E-state index contributed by atoms with van der Waals surface area (Å²) in [5, 5.41) is 3.66. The molecule has 90 valence electrons. The van der Waals surface area contributed by atoms with E-state index in [1.807, 2.05) is 16.8 Å². The van der Waals surface area contributed by atoms with E-state index < -0.39 is 0 Å². The second kappa shape index (κ2) is 5.52. The molecule has 0 aliphatic rings. The van der Waals surface area contributed by atoms with E-state index in [1.54, 1.807) is 23.5 Å². The van der Waals surface area contributed by atoms with Crippen molar-refractivity contribution >= 4 is 22.9 Å². The number of hydrogen-bond donors (Lipinski definition) is 0. The molecule has 2 rings (SSSR count). The minimum Gasteiger partial charge on any atom is -0.497 e. The van der Waals surface area contributed by atoms with Gasteiger partial charge in [0, 0.05) is 11.6 Å². The van der Waals surface area contributed by atoms with Crippen molar-refractivity contribution in [2.75, 3.05) is 7.11 Å². The number of methoxy groups -OCH3 is 1. The van der Waals surface area contributed by atoms with E-state index in [-0.39, 0.29) is 11.2 Å². The summed E-state index contributed by atoms with van der Waals surface area (Å²) >= 11 is 7.84. The van der Waals surface area contributed by atoms with Crippen LogP contribution in [0.15, 0.2) is 35.0 Å². The number of rotatable bonds is 4. The number of alkyl halides is 1. The Hall–Kier alpha value is -1.06. The Labute approximate surface area is 109 Å². The van der Waals surface area contributed by atoms with Crippen LogP contribution in [0.5, 0.6) is 5.75 Å². The van der Waals surface area contributed by atoms with Crippen LogP contribution in [0.2, 0.25) is 0 Å². The molecule has 0 fully saturated rings. The molecule has 0 radical (unpaired) electrons. The van der Waals surface area contributed by atoms with Crippen LogP contribution in [0, 0.1) is 5.82 Å². The third-order valence-corrected chi connectivity index (χ3v) is 3.66. The van der Waals surface area contributed by atoms with Gasteiger partial charge in [-0.15, -0.1) is 11.6 Å². The lowest BCUT2D eigenvalue weighted by Crippen LogP contribution is -1.99. The highest BCUT2D eigenvalue weighted by Gasteiger charge is 2.14. The molecular weight excluding hydrogens is 259 g/mol. The van der Waals surface area contributed by atoms with Gasteiger partial charge in [-0.05, 0) is 34.9 Å². The summed E-state index contributed by atoms with van der Waals surface area (Å²) in [6.07, 6.45) is 0.633. The molecule has 0 saturated heterocycles. The van der Waals surface area contributed by atoms with Crippen LogP contribution < -0.4 is 4.74 Å². The van der Waals surface area contributed by atoms with Crippen molar-refractivity contribution in [3.8, 4) is 5.75 Å². The minimum atomic E-state index is -0.351. The molecular formula is C13H12ClFOS. The number of ether oxygens (including phenoxy) is 1. The van der Waals surface area contributed by atoms with Crippen LogP contribution in [0.1, 0.15) is 16.5 Å². The van der Waals surface area contributed by atoms with Crippen LogP contribution in [0.25, 0.3) is 0 Å². The summed E-state index contributed by atoms with van der Waals surface area (Å²) in [5.74, 6) is 0.185. The lowest BCUT2D eigenvalue weighted by Gasteiger charge is -2.11. The van der Waals surface area contributed by atoms with E-state index in [0.717, 1.165) is 5.56 Å². The highest BCUT2D eigenvalue weighted by molar-refractivity contribution is 7.07. The van der Waals surface area contributed by atoms with Crippen molar-refractivity contribution in [3.05, 3.63) is 52.0 Å². The molecule has 1 atom stereocenters. The number of benzene rings is 1. The Morgan fingerprint density at radius 3 is 2.82 bits per heavy atom. The summed E-state index contributed by atoms with van der Waals surface area (Å²) in [7, 11) is 1.51. The highest BCUT2D eigenvalue weighted by Crippen LogP contribution is 2.29. The Bertz CT molecular complexity index is 484. The van der Waals surface area contributed by atoms with Crippen LogP contribution >= 0.6 is 22.9 Å². The first-order chi connectivity index (χ1) is 8.20. The molecule has 1 aromatic carbocycles. The normalized spacial score (nSPS) is 12.4. The standard InChI is InChI=1S/C13H12ClFOS/c1-16-10-2-3-11(13(15)7-10)12(14)6-9-4-5-17-8-9/h2-5,7-8,12H,6H2,1H3. The third-order valence-electron chi connectivity index (χ3n) is 2.54. The predicted octanol–water partition coefficient (Wildman–Crippen LogP) is 4.42. The van der Waals surface area contributed by atoms with Gasteiger partial charge in [0.25, 0.3) is 0 Å². The fourth-order valence-corrected chi connectivity index (χ4v) is 2.65. The van der Waals surface area contributed by atoms with Gasteiger partial charge in [0.15, 0.2) is 0 Å². The Balaban J connectivity index is 2.16. The Morgan fingerprint density at radius 2 is 2.24 bits per heavy atom. The zero-order valence-electron chi connectivity index (χ0n) is 9.32. The molecule has 1 unspecified atom stereocenters. The fourth-order valence-electron chi connectivity index (χ4n) is 1.61. The van der Waals surface area contributed by atoms with Crippen molar-refractivity contribution in [1.29, 1.82) is 0 Å². The molecule has 0 saturated carbocycles. The van der Waals surface area contributed by atoms with Gasteiger partial charge in [0.1, 0.15) is 11.6 Å². The quantitative estimate of drug-likeness (QED) is 0.748.